The van der Waals surface area contributed by atoms with Crippen LogP contribution in [0.5, 0.6) is 0 Å². The van der Waals surface area contributed by atoms with Crippen LogP contribution in [0.25, 0.3) is 72.0 Å². The highest BCUT2D eigenvalue weighted by atomic mass is 15.2. The monoisotopic (exact) mass is 854 g/mol. The predicted molar refractivity (Wildman–Crippen MR) is 268 cm³/mol. The Labute approximate surface area is 388 Å². The molecular formula is C61H38N6. The molecule has 312 valence electrons. The number of anilines is 3. The Morgan fingerprint density at radius 1 is 0.343 bits per heavy atom. The molecular weight excluding hydrogens is 817 g/mol. The molecule has 0 bridgehead atoms. The molecule has 0 aliphatic carbocycles. The van der Waals surface area contributed by atoms with Crippen molar-refractivity contribution in [2.24, 2.45) is 0 Å². The number of hydrogen-bond acceptors (Lipinski definition) is 5. The van der Waals surface area contributed by atoms with Crippen LogP contribution in [0.4, 0.5) is 17.1 Å². The Balaban J connectivity index is 1.06. The highest BCUT2D eigenvalue weighted by Gasteiger charge is 2.37. The van der Waals surface area contributed by atoms with Crippen LogP contribution in [-0.2, 0) is 5.41 Å². The van der Waals surface area contributed by atoms with Gasteiger partial charge in [-0.2, -0.15) is 21.0 Å². The van der Waals surface area contributed by atoms with Gasteiger partial charge in [-0.05, 0) is 141 Å². The first-order valence-electron chi connectivity index (χ1n) is 22.1. The van der Waals surface area contributed by atoms with Gasteiger partial charge in [0.2, 0.25) is 0 Å². The van der Waals surface area contributed by atoms with Gasteiger partial charge in [-0.3, -0.25) is 0 Å². The molecule has 1 aliphatic heterocycles. The lowest BCUT2D eigenvalue weighted by Crippen LogP contribution is -2.30. The smallest absolute Gasteiger partial charge is 0.101 e. The topological polar surface area (TPSA) is 103 Å². The molecule has 0 atom stereocenters. The molecule has 0 spiro atoms. The normalized spacial score (nSPS) is 12.4. The van der Waals surface area contributed by atoms with Crippen molar-refractivity contribution in [2.75, 3.05) is 4.90 Å². The Kier molecular flexibility index (Phi) is 9.60. The molecule has 0 fully saturated rings. The van der Waals surface area contributed by atoms with Gasteiger partial charge in [0.15, 0.2) is 0 Å². The van der Waals surface area contributed by atoms with Crippen molar-refractivity contribution in [1.82, 2.24) is 4.57 Å². The molecule has 0 unspecified atom stereocenters. The summed E-state index contributed by atoms with van der Waals surface area (Å²) < 4.78 is 2.39. The lowest BCUT2D eigenvalue weighted by molar-refractivity contribution is 0.631. The molecule has 67 heavy (non-hydrogen) atoms. The van der Waals surface area contributed by atoms with Gasteiger partial charge in [-0.1, -0.05) is 123 Å². The van der Waals surface area contributed by atoms with Gasteiger partial charge in [0.1, 0.15) is 24.3 Å². The van der Waals surface area contributed by atoms with E-state index in [-0.39, 0.29) is 5.41 Å². The van der Waals surface area contributed by atoms with Gasteiger partial charge in [-0.25, -0.2) is 0 Å². The molecule has 6 heteroatoms. The third-order valence-corrected chi connectivity index (χ3v) is 13.4. The second kappa shape index (κ2) is 16.0. The first-order chi connectivity index (χ1) is 32.8. The van der Waals surface area contributed by atoms with Crippen molar-refractivity contribution >= 4 is 38.9 Å². The van der Waals surface area contributed by atoms with Crippen molar-refractivity contribution in [1.29, 1.82) is 21.0 Å². The zero-order chi connectivity index (χ0) is 45.8. The van der Waals surface area contributed by atoms with Gasteiger partial charge in [0, 0.05) is 27.6 Å². The van der Waals surface area contributed by atoms with E-state index >= 15 is 0 Å². The molecule has 1 aliphatic rings. The van der Waals surface area contributed by atoms with Gasteiger partial charge in [-0.15, -0.1) is 0 Å². The summed E-state index contributed by atoms with van der Waals surface area (Å²) in [5.41, 5.74) is 18.4. The van der Waals surface area contributed by atoms with E-state index in [4.69, 9.17) is 0 Å². The first-order valence-corrected chi connectivity index (χ1v) is 22.1. The van der Waals surface area contributed by atoms with E-state index in [2.05, 4.69) is 205 Å². The second-order valence-corrected chi connectivity index (χ2v) is 17.4. The fourth-order valence-corrected chi connectivity index (χ4v) is 9.88. The number of aromatic nitrogens is 1. The Bertz CT molecular complexity index is 3630. The minimum atomic E-state index is -0.285. The van der Waals surface area contributed by atoms with Gasteiger partial charge < -0.3 is 9.47 Å². The molecule has 0 radical (unpaired) electrons. The van der Waals surface area contributed by atoms with Crippen LogP contribution in [0.3, 0.4) is 0 Å². The zero-order valence-electron chi connectivity index (χ0n) is 36.7. The summed E-state index contributed by atoms with van der Waals surface area (Å²) in [6.07, 6.45) is 0. The minimum absolute atomic E-state index is 0.285. The summed E-state index contributed by atoms with van der Waals surface area (Å²) in [6.45, 7) is 4.65. The second-order valence-electron chi connectivity index (χ2n) is 17.4. The van der Waals surface area contributed by atoms with Crippen LogP contribution in [0, 0.1) is 45.3 Å². The number of rotatable bonds is 6. The summed E-state index contributed by atoms with van der Waals surface area (Å²) in [5, 5.41) is 40.5. The molecule has 10 aromatic rings. The van der Waals surface area contributed by atoms with E-state index in [0.29, 0.717) is 22.3 Å². The van der Waals surface area contributed by atoms with Crippen molar-refractivity contribution in [3.8, 4) is 74.5 Å². The van der Waals surface area contributed by atoms with Crippen LogP contribution in [0.2, 0.25) is 0 Å². The SMILES string of the molecule is CC1(C)c2ccccc2N(c2ccccc2)c2ccc(-n3c4ccc(-c5ccc(-c6ccc(C#N)c(C#N)c6)cc5)cc4c4cc(-c5ccc(-c6ccc(C#N)c(C#N)c6)cc5)ccc43)cc21. The largest absolute Gasteiger partial charge is 0.310 e. The van der Waals surface area contributed by atoms with Crippen LogP contribution < -0.4 is 4.90 Å². The van der Waals surface area contributed by atoms with E-state index in [9.17, 15) is 21.0 Å². The third-order valence-electron chi connectivity index (χ3n) is 13.4. The number of hydrogen-bond donors (Lipinski definition) is 0. The maximum absolute atomic E-state index is 9.66. The minimum Gasteiger partial charge on any atom is -0.310 e. The van der Waals surface area contributed by atoms with Crippen LogP contribution >= 0.6 is 0 Å². The number of benzene rings is 9. The summed E-state index contributed by atoms with van der Waals surface area (Å²) in [4.78, 5) is 2.38. The molecule has 9 aromatic carbocycles. The van der Waals surface area contributed by atoms with E-state index in [0.717, 1.165) is 83.4 Å². The summed E-state index contributed by atoms with van der Waals surface area (Å²) in [5.74, 6) is 0. The maximum Gasteiger partial charge on any atom is 0.101 e. The molecule has 2 heterocycles. The number of para-hydroxylation sites is 2. The summed E-state index contributed by atoms with van der Waals surface area (Å²) >= 11 is 0. The molecule has 0 amide bonds. The first kappa shape index (κ1) is 40.3. The van der Waals surface area contributed by atoms with Crippen molar-refractivity contribution < 1.29 is 0 Å². The fraction of sp³-hybridized carbons (Fsp3) is 0.0492. The highest BCUT2D eigenvalue weighted by molar-refractivity contribution is 6.12. The maximum atomic E-state index is 9.66. The van der Waals surface area contributed by atoms with Gasteiger partial charge in [0.05, 0.1) is 44.7 Å². The van der Waals surface area contributed by atoms with Crippen LogP contribution in [-0.4, -0.2) is 4.57 Å². The fourth-order valence-electron chi connectivity index (χ4n) is 9.88. The van der Waals surface area contributed by atoms with Crippen molar-refractivity contribution in [2.45, 2.75) is 19.3 Å². The highest BCUT2D eigenvalue weighted by Crippen LogP contribution is 2.52. The van der Waals surface area contributed by atoms with E-state index in [1.165, 1.54) is 16.8 Å². The van der Waals surface area contributed by atoms with Gasteiger partial charge >= 0.3 is 0 Å². The lowest BCUT2D eigenvalue weighted by Gasteiger charge is -2.42. The van der Waals surface area contributed by atoms with E-state index in [1.807, 2.05) is 12.1 Å². The van der Waals surface area contributed by atoms with Crippen molar-refractivity contribution in [3.05, 3.63) is 228 Å². The van der Waals surface area contributed by atoms with E-state index in [1.54, 1.807) is 24.3 Å². The Morgan fingerprint density at radius 3 is 1.25 bits per heavy atom. The van der Waals surface area contributed by atoms with Crippen LogP contribution in [0.15, 0.2) is 194 Å². The molecule has 11 rings (SSSR count). The predicted octanol–water partition coefficient (Wildman–Crippen LogP) is 15.0. The average Bonchev–Trinajstić information content (AvgIpc) is 3.71. The number of nitrogens with zero attached hydrogens (tertiary/aromatic N) is 6. The Hall–Kier alpha value is -9.46. The average molecular weight is 855 g/mol. The third kappa shape index (κ3) is 6.69. The zero-order valence-corrected chi connectivity index (χ0v) is 36.7. The van der Waals surface area contributed by atoms with E-state index < -0.39 is 0 Å². The quantitative estimate of drug-likeness (QED) is 0.166. The molecule has 0 N–H and O–H groups in total. The summed E-state index contributed by atoms with van der Waals surface area (Å²) in [7, 11) is 0. The van der Waals surface area contributed by atoms with Crippen molar-refractivity contribution in [3.63, 3.8) is 0 Å². The molecule has 1 aromatic heterocycles. The standard InChI is InChI=1S/C61H38N6/c1-61(2)55-10-6-7-11-59(55)66(51-8-4-3-5-9-51)60-29-26-52(34-56(60)61)67-57-27-24-45(41-16-12-39(13-17-41)43-20-22-47(35-62)49(30-43)37-64)32-53(57)54-33-46(25-28-58(54)67)42-18-14-40(15-19-42)44-21-23-48(36-63)50(31-44)38-65/h3-34H,1-2H3. The number of fused-ring (bicyclic) bond motifs is 5. The molecule has 6 nitrogen and oxygen atoms in total. The van der Waals surface area contributed by atoms with Crippen LogP contribution in [0.1, 0.15) is 47.2 Å². The summed E-state index contributed by atoms with van der Waals surface area (Å²) in [6, 6.07) is 75.6. The number of nitriles is 4. The molecule has 0 saturated heterocycles. The lowest BCUT2D eigenvalue weighted by atomic mass is 9.73. The van der Waals surface area contributed by atoms with Gasteiger partial charge in [0.25, 0.3) is 0 Å². The molecule has 0 saturated carbocycles. The Morgan fingerprint density at radius 2 is 0.761 bits per heavy atom.